The predicted octanol–water partition coefficient (Wildman–Crippen LogP) is 2.98. The number of piperidine rings is 2. The fourth-order valence-electron chi connectivity index (χ4n) is 5.11. The van der Waals surface area contributed by atoms with Gasteiger partial charge < -0.3 is 14.5 Å². The smallest absolute Gasteiger partial charge is 0.410 e. The molecule has 3 aliphatic heterocycles. The number of carbonyl (C=O) groups is 3. The fraction of sp³-hybridized carbons (Fsp3) is 0.654. The van der Waals surface area contributed by atoms with Gasteiger partial charge in [-0.25, -0.2) is 4.79 Å². The molecule has 0 saturated carbocycles. The number of carbonyl (C=O) groups excluding carboxylic acids is 3. The summed E-state index contributed by atoms with van der Waals surface area (Å²) in [6, 6.07) is 8.28. The molecule has 34 heavy (non-hydrogen) atoms. The normalized spacial score (nSPS) is 23.1. The third-order valence-electron chi connectivity index (χ3n) is 7.05. The average Bonchev–Trinajstić information content (AvgIpc) is 2.79. The van der Waals surface area contributed by atoms with E-state index >= 15 is 0 Å². The minimum atomic E-state index is -0.451. The van der Waals surface area contributed by atoms with E-state index in [1.807, 2.05) is 37.8 Å². The minimum absolute atomic E-state index is 0.175. The SMILES string of the molecule is CC(C)(C)OC(=O)N1CCN(CC2CCN(c3ccc([C@@H]4CCC(=O)NC4=O)cc3)CC2)CC1. The van der Waals surface area contributed by atoms with Gasteiger partial charge in [0.25, 0.3) is 0 Å². The Bertz CT molecular complexity index is 879. The van der Waals surface area contributed by atoms with Gasteiger partial charge in [-0.1, -0.05) is 12.1 Å². The molecule has 0 aliphatic carbocycles. The van der Waals surface area contributed by atoms with Gasteiger partial charge in [0, 0.05) is 57.9 Å². The molecule has 0 spiro atoms. The van der Waals surface area contributed by atoms with Gasteiger partial charge in [0.15, 0.2) is 0 Å². The second-order valence-corrected chi connectivity index (χ2v) is 10.8. The van der Waals surface area contributed by atoms with Crippen molar-refractivity contribution in [3.05, 3.63) is 29.8 Å². The van der Waals surface area contributed by atoms with Gasteiger partial charge in [-0.2, -0.15) is 0 Å². The summed E-state index contributed by atoms with van der Waals surface area (Å²) in [5, 5.41) is 2.44. The second kappa shape index (κ2) is 10.3. The Labute approximate surface area is 202 Å². The number of benzene rings is 1. The third kappa shape index (κ3) is 6.29. The summed E-state index contributed by atoms with van der Waals surface area (Å²) >= 11 is 0. The first-order chi connectivity index (χ1) is 16.2. The molecule has 0 unspecified atom stereocenters. The van der Waals surface area contributed by atoms with E-state index < -0.39 is 5.60 Å². The molecular formula is C26H38N4O4. The molecule has 1 atom stereocenters. The summed E-state index contributed by atoms with van der Waals surface area (Å²) in [5.74, 6) is 0.0859. The van der Waals surface area contributed by atoms with E-state index in [4.69, 9.17) is 4.74 Å². The van der Waals surface area contributed by atoms with E-state index in [1.165, 1.54) is 5.69 Å². The van der Waals surface area contributed by atoms with Crippen molar-refractivity contribution in [3.8, 4) is 0 Å². The van der Waals surface area contributed by atoms with Crippen molar-refractivity contribution in [1.82, 2.24) is 15.1 Å². The van der Waals surface area contributed by atoms with Crippen LogP contribution in [0.5, 0.6) is 0 Å². The van der Waals surface area contributed by atoms with E-state index in [-0.39, 0.29) is 23.8 Å². The van der Waals surface area contributed by atoms with Crippen LogP contribution >= 0.6 is 0 Å². The first kappa shape index (κ1) is 24.5. The quantitative estimate of drug-likeness (QED) is 0.682. The minimum Gasteiger partial charge on any atom is -0.444 e. The molecule has 1 N–H and O–H groups in total. The summed E-state index contributed by atoms with van der Waals surface area (Å²) in [6.45, 7) is 12.1. The molecule has 3 heterocycles. The number of imide groups is 1. The molecule has 8 heteroatoms. The molecule has 0 radical (unpaired) electrons. The summed E-state index contributed by atoms with van der Waals surface area (Å²) in [4.78, 5) is 42.5. The van der Waals surface area contributed by atoms with Gasteiger partial charge in [0.2, 0.25) is 11.8 Å². The summed E-state index contributed by atoms with van der Waals surface area (Å²) < 4.78 is 5.50. The van der Waals surface area contributed by atoms with E-state index in [0.717, 1.165) is 64.2 Å². The number of nitrogens with one attached hydrogen (secondary N) is 1. The highest BCUT2D eigenvalue weighted by atomic mass is 16.6. The van der Waals surface area contributed by atoms with Crippen molar-refractivity contribution >= 4 is 23.6 Å². The first-order valence-electron chi connectivity index (χ1n) is 12.6. The van der Waals surface area contributed by atoms with Gasteiger partial charge in [-0.15, -0.1) is 0 Å². The lowest BCUT2D eigenvalue weighted by atomic mass is 9.90. The predicted molar refractivity (Wildman–Crippen MR) is 131 cm³/mol. The number of piperazine rings is 1. The maximum Gasteiger partial charge on any atom is 0.410 e. The number of rotatable bonds is 4. The number of anilines is 1. The standard InChI is InChI=1S/C26H38N4O4/c1-26(2,3)34-25(33)30-16-14-28(15-17-30)18-19-10-12-29(13-11-19)21-6-4-20(5-7-21)22-8-9-23(31)27-24(22)32/h4-7,19,22H,8-18H2,1-3H3,(H,27,31,32)/t22-/m0/s1. The molecule has 0 aromatic heterocycles. The van der Waals surface area contributed by atoms with E-state index in [0.29, 0.717) is 18.8 Å². The Kier molecular flexibility index (Phi) is 7.45. The van der Waals surface area contributed by atoms with Crippen LogP contribution in [0.3, 0.4) is 0 Å². The topological polar surface area (TPSA) is 82.2 Å². The van der Waals surface area contributed by atoms with Crippen LogP contribution in [0.25, 0.3) is 0 Å². The van der Waals surface area contributed by atoms with Crippen molar-refractivity contribution in [2.75, 3.05) is 50.7 Å². The summed E-state index contributed by atoms with van der Waals surface area (Å²) in [5.41, 5.74) is 1.72. The van der Waals surface area contributed by atoms with Crippen molar-refractivity contribution < 1.29 is 19.1 Å². The van der Waals surface area contributed by atoms with Crippen LogP contribution in [0.4, 0.5) is 10.5 Å². The van der Waals surface area contributed by atoms with Crippen LogP contribution in [0.15, 0.2) is 24.3 Å². The lowest BCUT2D eigenvalue weighted by molar-refractivity contribution is -0.134. The van der Waals surface area contributed by atoms with Crippen LogP contribution < -0.4 is 10.2 Å². The molecule has 1 aromatic rings. The molecule has 3 saturated heterocycles. The van der Waals surface area contributed by atoms with Crippen LogP contribution in [-0.2, 0) is 14.3 Å². The average molecular weight is 471 g/mol. The number of nitrogens with zero attached hydrogens (tertiary/aromatic N) is 3. The zero-order chi connectivity index (χ0) is 24.3. The zero-order valence-corrected chi connectivity index (χ0v) is 20.7. The largest absolute Gasteiger partial charge is 0.444 e. The molecule has 0 bridgehead atoms. The van der Waals surface area contributed by atoms with Gasteiger partial charge in [0.05, 0.1) is 5.92 Å². The Hall–Kier alpha value is -2.61. The van der Waals surface area contributed by atoms with Crippen molar-refractivity contribution in [1.29, 1.82) is 0 Å². The molecule has 4 rings (SSSR count). The molecule has 3 fully saturated rings. The Morgan fingerprint density at radius 1 is 0.971 bits per heavy atom. The maximum atomic E-state index is 12.3. The zero-order valence-electron chi connectivity index (χ0n) is 20.7. The van der Waals surface area contributed by atoms with Gasteiger partial charge in [-0.05, 0) is 63.6 Å². The second-order valence-electron chi connectivity index (χ2n) is 10.8. The number of ether oxygens (including phenoxy) is 1. The monoisotopic (exact) mass is 470 g/mol. The Morgan fingerprint density at radius 3 is 2.21 bits per heavy atom. The maximum absolute atomic E-state index is 12.3. The summed E-state index contributed by atoms with van der Waals surface area (Å²) in [7, 11) is 0. The highest BCUT2D eigenvalue weighted by Crippen LogP contribution is 2.29. The van der Waals surface area contributed by atoms with Crippen LogP contribution in [-0.4, -0.2) is 79.1 Å². The van der Waals surface area contributed by atoms with Crippen molar-refractivity contribution in [2.24, 2.45) is 5.92 Å². The molecule has 186 valence electrons. The Balaban J connectivity index is 1.20. The number of hydrogen-bond donors (Lipinski definition) is 1. The van der Waals surface area contributed by atoms with Crippen LogP contribution in [0.2, 0.25) is 0 Å². The van der Waals surface area contributed by atoms with Crippen LogP contribution in [0, 0.1) is 5.92 Å². The van der Waals surface area contributed by atoms with E-state index in [2.05, 4.69) is 27.2 Å². The van der Waals surface area contributed by atoms with Gasteiger partial charge >= 0.3 is 6.09 Å². The van der Waals surface area contributed by atoms with Gasteiger partial charge in [-0.3, -0.25) is 19.8 Å². The number of amides is 3. The van der Waals surface area contributed by atoms with Gasteiger partial charge in [0.1, 0.15) is 5.60 Å². The third-order valence-corrected chi connectivity index (χ3v) is 7.05. The van der Waals surface area contributed by atoms with E-state index in [1.54, 1.807) is 0 Å². The fourth-order valence-corrected chi connectivity index (χ4v) is 5.11. The molecule has 1 aromatic carbocycles. The highest BCUT2D eigenvalue weighted by Gasteiger charge is 2.29. The molecule has 3 amide bonds. The molecule has 8 nitrogen and oxygen atoms in total. The lowest BCUT2D eigenvalue weighted by Crippen LogP contribution is -2.51. The highest BCUT2D eigenvalue weighted by molar-refractivity contribution is 6.00. The lowest BCUT2D eigenvalue weighted by Gasteiger charge is -2.39. The summed E-state index contributed by atoms with van der Waals surface area (Å²) in [6.07, 6.45) is 3.09. The van der Waals surface area contributed by atoms with Crippen LogP contribution in [0.1, 0.15) is 57.9 Å². The molecule has 3 aliphatic rings. The van der Waals surface area contributed by atoms with E-state index in [9.17, 15) is 14.4 Å². The number of hydrogen-bond acceptors (Lipinski definition) is 6. The van der Waals surface area contributed by atoms with Crippen molar-refractivity contribution in [3.63, 3.8) is 0 Å². The van der Waals surface area contributed by atoms with Crippen molar-refractivity contribution in [2.45, 2.75) is 58.0 Å². The first-order valence-corrected chi connectivity index (χ1v) is 12.6. The Morgan fingerprint density at radius 2 is 1.62 bits per heavy atom. The molecular weight excluding hydrogens is 432 g/mol.